The maximum Gasteiger partial charge on any atom is 0.352 e. The Morgan fingerprint density at radius 1 is 1.24 bits per heavy atom. The maximum atomic E-state index is 12.1. The number of unbranched alkanes of at least 4 members (excludes halogenated alkanes) is 1. The van der Waals surface area contributed by atoms with Crippen molar-refractivity contribution < 1.29 is 19.1 Å². The third kappa shape index (κ3) is 7.00. The first-order valence-electron chi connectivity index (χ1n) is 7.83. The second-order valence-electron chi connectivity index (χ2n) is 5.42. The number of hydrogen-bond donors (Lipinski definition) is 0. The third-order valence-corrected chi connectivity index (χ3v) is 3.43. The number of ether oxygens (including phenoxy) is 1. The lowest BCUT2D eigenvalue weighted by atomic mass is 10.1. The van der Waals surface area contributed by atoms with Gasteiger partial charge in [0.25, 0.3) is 5.91 Å². The minimum absolute atomic E-state index is 0.00132. The molecule has 0 aliphatic carbocycles. The Bertz CT molecular complexity index is 741. The number of aliphatic imine (C=N–C) groups is 1. The molecule has 2 amide bonds. The van der Waals surface area contributed by atoms with Gasteiger partial charge >= 0.3 is 5.97 Å². The van der Waals surface area contributed by atoms with Crippen molar-refractivity contribution in [1.29, 1.82) is 0 Å². The quantitative estimate of drug-likeness (QED) is 0.355. The van der Waals surface area contributed by atoms with Gasteiger partial charge in [-0.3, -0.25) is 9.59 Å². The van der Waals surface area contributed by atoms with Gasteiger partial charge in [0.1, 0.15) is 5.71 Å². The molecule has 0 atom stereocenters. The van der Waals surface area contributed by atoms with Crippen LogP contribution in [0.5, 0.6) is 0 Å². The highest BCUT2D eigenvalue weighted by Gasteiger charge is 2.10. The summed E-state index contributed by atoms with van der Waals surface area (Å²) in [6.45, 7) is 3.61. The van der Waals surface area contributed by atoms with Crippen LogP contribution < -0.4 is 0 Å². The van der Waals surface area contributed by atoms with Gasteiger partial charge in [-0.2, -0.15) is 0 Å². The first-order valence-corrected chi connectivity index (χ1v) is 7.83. The van der Waals surface area contributed by atoms with Gasteiger partial charge < -0.3 is 9.64 Å². The van der Waals surface area contributed by atoms with E-state index in [-0.39, 0.29) is 11.6 Å². The standard InChI is InChI=1S/C19H22N2O4/c1-14(19(24)25-4)20-18(23)17-11-8-10-16(13-17)9-6-5-7-12-21(3)15(2)22/h8,10-11,13H,5,7,12H2,1-4H3. The third-order valence-electron chi connectivity index (χ3n) is 3.43. The second-order valence-corrected chi connectivity index (χ2v) is 5.42. The van der Waals surface area contributed by atoms with E-state index < -0.39 is 11.9 Å². The van der Waals surface area contributed by atoms with E-state index in [0.717, 1.165) is 6.42 Å². The topological polar surface area (TPSA) is 76.0 Å². The van der Waals surface area contributed by atoms with Crippen LogP contribution in [0.2, 0.25) is 0 Å². The fourth-order valence-electron chi connectivity index (χ4n) is 1.87. The molecule has 132 valence electrons. The highest BCUT2D eigenvalue weighted by atomic mass is 16.5. The predicted molar refractivity (Wildman–Crippen MR) is 95.3 cm³/mol. The second kappa shape index (κ2) is 10.0. The van der Waals surface area contributed by atoms with E-state index in [2.05, 4.69) is 21.6 Å². The average molecular weight is 342 g/mol. The van der Waals surface area contributed by atoms with E-state index in [0.29, 0.717) is 24.1 Å². The van der Waals surface area contributed by atoms with Crippen LogP contribution in [0.4, 0.5) is 0 Å². The van der Waals surface area contributed by atoms with Crippen molar-refractivity contribution in [2.24, 2.45) is 4.99 Å². The number of methoxy groups -OCH3 is 1. The van der Waals surface area contributed by atoms with Crippen molar-refractivity contribution in [2.45, 2.75) is 26.7 Å². The molecule has 0 bridgehead atoms. The Hall–Kier alpha value is -2.94. The summed E-state index contributed by atoms with van der Waals surface area (Å²) in [5.41, 5.74) is 1.04. The molecule has 0 N–H and O–H groups in total. The van der Waals surface area contributed by atoms with Gasteiger partial charge in [-0.15, -0.1) is 0 Å². The van der Waals surface area contributed by atoms with Crippen LogP contribution in [-0.2, 0) is 14.3 Å². The SMILES string of the molecule is COC(=O)C(C)=NC(=O)c1cccc(C#CCCCN(C)C(C)=O)c1. The first-order chi connectivity index (χ1) is 11.8. The lowest BCUT2D eigenvalue weighted by Crippen LogP contribution is -2.24. The van der Waals surface area contributed by atoms with Crippen molar-refractivity contribution in [3.05, 3.63) is 35.4 Å². The van der Waals surface area contributed by atoms with Crippen LogP contribution in [-0.4, -0.2) is 49.1 Å². The highest BCUT2D eigenvalue weighted by molar-refractivity contribution is 6.37. The molecule has 0 saturated carbocycles. The predicted octanol–water partition coefficient (Wildman–Crippen LogP) is 2.07. The van der Waals surface area contributed by atoms with Crippen molar-refractivity contribution in [3.8, 4) is 11.8 Å². The number of rotatable bonds is 5. The van der Waals surface area contributed by atoms with E-state index in [4.69, 9.17) is 0 Å². The maximum absolute atomic E-state index is 12.1. The Balaban J connectivity index is 2.70. The summed E-state index contributed by atoms with van der Waals surface area (Å²) in [4.78, 5) is 39.8. The molecule has 25 heavy (non-hydrogen) atoms. The molecule has 0 fully saturated rings. The molecule has 1 aromatic rings. The fourth-order valence-corrected chi connectivity index (χ4v) is 1.87. The molecule has 0 saturated heterocycles. The van der Waals surface area contributed by atoms with Gasteiger partial charge in [-0.05, 0) is 31.5 Å². The van der Waals surface area contributed by atoms with Gasteiger partial charge in [-0.25, -0.2) is 9.79 Å². The normalized spacial score (nSPS) is 10.5. The van der Waals surface area contributed by atoms with Crippen LogP contribution in [0.15, 0.2) is 29.3 Å². The van der Waals surface area contributed by atoms with Gasteiger partial charge in [0.15, 0.2) is 0 Å². The van der Waals surface area contributed by atoms with Gasteiger partial charge in [0.2, 0.25) is 5.91 Å². The molecule has 0 aliphatic rings. The van der Waals surface area contributed by atoms with E-state index >= 15 is 0 Å². The molecular formula is C19H22N2O4. The zero-order valence-electron chi connectivity index (χ0n) is 15.0. The molecule has 0 spiro atoms. The Labute approximate surface area is 147 Å². The van der Waals surface area contributed by atoms with Crippen LogP contribution in [0.3, 0.4) is 0 Å². The summed E-state index contributed by atoms with van der Waals surface area (Å²) < 4.78 is 4.51. The van der Waals surface area contributed by atoms with Gasteiger partial charge in [0, 0.05) is 38.1 Å². The lowest BCUT2D eigenvalue weighted by molar-refractivity contribution is -0.132. The highest BCUT2D eigenvalue weighted by Crippen LogP contribution is 2.06. The summed E-state index contributed by atoms with van der Waals surface area (Å²) in [5, 5.41) is 0. The largest absolute Gasteiger partial charge is 0.465 e. The fraction of sp³-hybridized carbons (Fsp3) is 0.368. The van der Waals surface area contributed by atoms with Gasteiger partial charge in [0.05, 0.1) is 7.11 Å². The van der Waals surface area contributed by atoms with Crippen LogP contribution in [0.25, 0.3) is 0 Å². The summed E-state index contributed by atoms with van der Waals surface area (Å²) >= 11 is 0. The molecule has 1 aromatic carbocycles. The Morgan fingerprint density at radius 3 is 2.60 bits per heavy atom. The van der Waals surface area contributed by atoms with E-state index in [1.165, 1.54) is 21.0 Å². The molecule has 0 radical (unpaired) electrons. The monoisotopic (exact) mass is 342 g/mol. The van der Waals surface area contributed by atoms with E-state index in [9.17, 15) is 14.4 Å². The van der Waals surface area contributed by atoms with Crippen molar-refractivity contribution in [3.63, 3.8) is 0 Å². The number of hydrogen-bond acceptors (Lipinski definition) is 4. The van der Waals surface area contributed by atoms with E-state index in [1.54, 1.807) is 36.2 Å². The number of esters is 1. The summed E-state index contributed by atoms with van der Waals surface area (Å²) in [5.74, 6) is 4.88. The minimum Gasteiger partial charge on any atom is -0.465 e. The molecule has 6 heteroatoms. The zero-order valence-corrected chi connectivity index (χ0v) is 15.0. The molecule has 0 heterocycles. The smallest absolute Gasteiger partial charge is 0.352 e. The number of amides is 2. The molecule has 0 aliphatic heterocycles. The van der Waals surface area contributed by atoms with Gasteiger partial charge in [-0.1, -0.05) is 17.9 Å². The minimum atomic E-state index is -0.639. The van der Waals surface area contributed by atoms with Crippen LogP contribution >= 0.6 is 0 Å². The molecule has 0 unspecified atom stereocenters. The number of benzene rings is 1. The summed E-state index contributed by atoms with van der Waals surface area (Å²) in [6.07, 6.45) is 1.43. The summed E-state index contributed by atoms with van der Waals surface area (Å²) in [6, 6.07) is 6.75. The molecule has 0 aromatic heterocycles. The number of carbonyl (C=O) groups excluding carboxylic acids is 3. The average Bonchev–Trinajstić information content (AvgIpc) is 2.60. The van der Waals surface area contributed by atoms with Crippen LogP contribution in [0.1, 0.15) is 42.6 Å². The lowest BCUT2D eigenvalue weighted by Gasteiger charge is -2.12. The van der Waals surface area contributed by atoms with Crippen molar-refractivity contribution in [2.75, 3.05) is 20.7 Å². The molecule has 1 rings (SSSR count). The van der Waals surface area contributed by atoms with Crippen molar-refractivity contribution >= 4 is 23.5 Å². The summed E-state index contributed by atoms with van der Waals surface area (Å²) in [7, 11) is 2.98. The molecular weight excluding hydrogens is 320 g/mol. The van der Waals surface area contributed by atoms with Crippen LogP contribution in [0, 0.1) is 11.8 Å². The van der Waals surface area contributed by atoms with E-state index in [1.807, 2.05) is 0 Å². The zero-order chi connectivity index (χ0) is 18.8. The number of nitrogens with zero attached hydrogens (tertiary/aromatic N) is 2. The number of carbonyl (C=O) groups is 3. The first kappa shape index (κ1) is 20.1. The Morgan fingerprint density at radius 2 is 1.96 bits per heavy atom. The molecule has 6 nitrogen and oxygen atoms in total. The Kier molecular flexibility index (Phi) is 8.07. The van der Waals surface area contributed by atoms with Crippen molar-refractivity contribution in [1.82, 2.24) is 4.90 Å².